The molecule has 2 aromatic heterocycles. The Bertz CT molecular complexity index is 760. The van der Waals surface area contributed by atoms with Crippen LogP contribution in [0.25, 0.3) is 11.1 Å². The average molecular weight is 316 g/mol. The van der Waals surface area contributed by atoms with Crippen LogP contribution in [0.15, 0.2) is 16.8 Å². The van der Waals surface area contributed by atoms with Gasteiger partial charge in [0.1, 0.15) is 5.54 Å². The second-order valence-electron chi connectivity index (χ2n) is 6.41. The molecule has 23 heavy (non-hydrogen) atoms. The summed E-state index contributed by atoms with van der Waals surface area (Å²) in [7, 11) is 0. The van der Waals surface area contributed by atoms with Gasteiger partial charge in [0.25, 0.3) is 11.6 Å². The van der Waals surface area contributed by atoms with Crippen LogP contribution in [0, 0.1) is 0 Å². The number of nitrogens with two attached hydrogens (primary N) is 1. The lowest BCUT2D eigenvalue weighted by Gasteiger charge is -2.26. The SMILES string of the molecule is CC(C)c1noc2ncc(C(=O)NC3(C(N)=O)CCCC3)cc12. The number of nitrogens with zero attached hydrogens (tertiary/aromatic N) is 2. The van der Waals surface area contributed by atoms with Crippen LogP contribution in [0.1, 0.15) is 61.5 Å². The molecule has 122 valence electrons. The maximum atomic E-state index is 12.5. The second-order valence-corrected chi connectivity index (χ2v) is 6.41. The quantitative estimate of drug-likeness (QED) is 0.894. The van der Waals surface area contributed by atoms with E-state index in [1.807, 2.05) is 13.8 Å². The highest BCUT2D eigenvalue weighted by Crippen LogP contribution is 2.30. The van der Waals surface area contributed by atoms with Gasteiger partial charge < -0.3 is 15.6 Å². The number of carbonyl (C=O) groups is 2. The van der Waals surface area contributed by atoms with Crippen molar-refractivity contribution in [3.63, 3.8) is 0 Å². The van der Waals surface area contributed by atoms with E-state index in [4.69, 9.17) is 10.3 Å². The van der Waals surface area contributed by atoms with Gasteiger partial charge >= 0.3 is 0 Å². The predicted molar refractivity (Wildman–Crippen MR) is 83.8 cm³/mol. The number of pyridine rings is 1. The largest absolute Gasteiger partial charge is 0.368 e. The van der Waals surface area contributed by atoms with Crippen molar-refractivity contribution in [1.82, 2.24) is 15.5 Å². The first-order chi connectivity index (χ1) is 10.9. The average Bonchev–Trinajstić information content (AvgIpc) is 3.13. The maximum absolute atomic E-state index is 12.5. The van der Waals surface area contributed by atoms with Gasteiger partial charge in [-0.3, -0.25) is 9.59 Å². The lowest BCUT2D eigenvalue weighted by atomic mass is 9.96. The van der Waals surface area contributed by atoms with E-state index in [2.05, 4.69) is 15.5 Å². The number of hydrogen-bond donors (Lipinski definition) is 2. The Morgan fingerprint density at radius 3 is 2.65 bits per heavy atom. The molecule has 0 aliphatic heterocycles. The van der Waals surface area contributed by atoms with E-state index in [-0.39, 0.29) is 11.8 Å². The Balaban J connectivity index is 1.91. The van der Waals surface area contributed by atoms with E-state index in [1.54, 1.807) is 6.07 Å². The Morgan fingerprint density at radius 1 is 1.35 bits per heavy atom. The number of primary amides is 1. The molecule has 2 heterocycles. The van der Waals surface area contributed by atoms with E-state index < -0.39 is 11.4 Å². The van der Waals surface area contributed by atoms with Gasteiger partial charge in [-0.25, -0.2) is 4.98 Å². The van der Waals surface area contributed by atoms with E-state index in [1.165, 1.54) is 6.20 Å². The summed E-state index contributed by atoms with van der Waals surface area (Å²) in [5.74, 6) is -0.676. The first-order valence-electron chi connectivity index (χ1n) is 7.81. The monoisotopic (exact) mass is 316 g/mol. The number of rotatable bonds is 4. The molecule has 1 fully saturated rings. The molecule has 0 unspecified atom stereocenters. The third kappa shape index (κ3) is 2.67. The highest BCUT2D eigenvalue weighted by Gasteiger charge is 2.41. The molecule has 1 aliphatic carbocycles. The molecule has 7 nitrogen and oxygen atoms in total. The summed E-state index contributed by atoms with van der Waals surface area (Å²) in [6.07, 6.45) is 4.34. The summed E-state index contributed by atoms with van der Waals surface area (Å²) in [6.45, 7) is 3.98. The van der Waals surface area contributed by atoms with Crippen molar-refractivity contribution < 1.29 is 14.1 Å². The van der Waals surface area contributed by atoms with Crippen LogP contribution in [0.5, 0.6) is 0 Å². The van der Waals surface area contributed by atoms with Crippen LogP contribution in [0.3, 0.4) is 0 Å². The molecule has 2 aromatic rings. The molecule has 0 atom stereocenters. The molecule has 3 N–H and O–H groups in total. The van der Waals surface area contributed by atoms with Crippen LogP contribution >= 0.6 is 0 Å². The zero-order chi connectivity index (χ0) is 16.6. The van der Waals surface area contributed by atoms with Crippen molar-refractivity contribution in [2.24, 2.45) is 5.73 Å². The standard InChI is InChI=1S/C16H20N4O3/c1-9(2)12-11-7-10(8-18-14(11)23-20-12)13(21)19-16(15(17)22)5-3-4-6-16/h7-9H,3-6H2,1-2H3,(H2,17,22)(H,19,21). The normalized spacial score (nSPS) is 16.8. The van der Waals surface area contributed by atoms with Gasteiger partial charge in [0.05, 0.1) is 16.6 Å². The topological polar surface area (TPSA) is 111 Å². The fraction of sp³-hybridized carbons (Fsp3) is 0.500. The number of nitrogens with one attached hydrogen (secondary N) is 1. The Morgan fingerprint density at radius 2 is 2.04 bits per heavy atom. The van der Waals surface area contributed by atoms with Crippen molar-refractivity contribution in [1.29, 1.82) is 0 Å². The van der Waals surface area contributed by atoms with Gasteiger partial charge in [-0.15, -0.1) is 0 Å². The van der Waals surface area contributed by atoms with Crippen LogP contribution in [0.4, 0.5) is 0 Å². The fourth-order valence-electron chi connectivity index (χ4n) is 3.09. The molecule has 1 saturated carbocycles. The maximum Gasteiger partial charge on any atom is 0.257 e. The number of carbonyl (C=O) groups excluding carboxylic acids is 2. The lowest BCUT2D eigenvalue weighted by Crippen LogP contribution is -2.55. The van der Waals surface area contributed by atoms with Crippen molar-refractivity contribution in [3.05, 3.63) is 23.5 Å². The van der Waals surface area contributed by atoms with Crippen LogP contribution in [-0.2, 0) is 4.79 Å². The Hall–Kier alpha value is -2.44. The van der Waals surface area contributed by atoms with Crippen molar-refractivity contribution in [2.45, 2.75) is 51.0 Å². The van der Waals surface area contributed by atoms with Crippen LogP contribution in [-0.4, -0.2) is 27.5 Å². The van der Waals surface area contributed by atoms with Crippen molar-refractivity contribution >= 4 is 22.9 Å². The smallest absolute Gasteiger partial charge is 0.257 e. The minimum absolute atomic E-state index is 0.156. The highest BCUT2D eigenvalue weighted by molar-refractivity contribution is 6.00. The van der Waals surface area contributed by atoms with Gasteiger partial charge in [0.2, 0.25) is 5.91 Å². The first kappa shape index (κ1) is 15.5. The lowest BCUT2D eigenvalue weighted by molar-refractivity contribution is -0.123. The zero-order valence-corrected chi connectivity index (χ0v) is 13.3. The number of aromatic nitrogens is 2. The number of fused-ring (bicyclic) bond motifs is 1. The van der Waals surface area contributed by atoms with Crippen molar-refractivity contribution in [3.8, 4) is 0 Å². The van der Waals surface area contributed by atoms with E-state index >= 15 is 0 Å². The molecule has 3 rings (SSSR count). The molecule has 0 saturated heterocycles. The molecule has 0 bridgehead atoms. The predicted octanol–water partition coefficient (Wildman–Crippen LogP) is 1.87. The zero-order valence-electron chi connectivity index (χ0n) is 13.3. The summed E-state index contributed by atoms with van der Waals surface area (Å²) in [4.78, 5) is 28.5. The van der Waals surface area contributed by atoms with Gasteiger partial charge in [0.15, 0.2) is 0 Å². The minimum atomic E-state index is -0.943. The Kier molecular flexibility index (Phi) is 3.79. The number of hydrogen-bond acceptors (Lipinski definition) is 5. The van der Waals surface area contributed by atoms with Gasteiger partial charge in [-0.2, -0.15) is 0 Å². The second kappa shape index (κ2) is 5.64. The summed E-state index contributed by atoms with van der Waals surface area (Å²) in [6, 6.07) is 1.70. The van der Waals surface area contributed by atoms with E-state index in [9.17, 15) is 9.59 Å². The number of amides is 2. The molecule has 0 spiro atoms. The molecule has 2 amide bonds. The first-order valence-corrected chi connectivity index (χ1v) is 7.81. The van der Waals surface area contributed by atoms with Crippen molar-refractivity contribution in [2.75, 3.05) is 0 Å². The van der Waals surface area contributed by atoms with Gasteiger partial charge in [0, 0.05) is 6.20 Å². The Labute approximate surface area is 133 Å². The summed E-state index contributed by atoms with van der Waals surface area (Å²) in [5.41, 5.74) is 6.09. The van der Waals surface area contributed by atoms with E-state index in [0.29, 0.717) is 29.5 Å². The third-order valence-corrected chi connectivity index (χ3v) is 4.45. The van der Waals surface area contributed by atoms with Crippen LogP contribution < -0.4 is 11.1 Å². The molecule has 0 radical (unpaired) electrons. The molecule has 7 heteroatoms. The van der Waals surface area contributed by atoms with Gasteiger partial charge in [-0.05, 0) is 24.8 Å². The molecule has 1 aliphatic rings. The summed E-state index contributed by atoms with van der Waals surface area (Å²) >= 11 is 0. The third-order valence-electron chi connectivity index (χ3n) is 4.45. The molecular formula is C16H20N4O3. The van der Waals surface area contributed by atoms with E-state index in [0.717, 1.165) is 18.5 Å². The van der Waals surface area contributed by atoms with Gasteiger partial charge in [-0.1, -0.05) is 31.8 Å². The minimum Gasteiger partial charge on any atom is -0.368 e. The fourth-order valence-corrected chi connectivity index (χ4v) is 3.09. The molecule has 0 aromatic carbocycles. The molecular weight excluding hydrogens is 296 g/mol. The van der Waals surface area contributed by atoms with Crippen LogP contribution in [0.2, 0.25) is 0 Å². The summed E-state index contributed by atoms with van der Waals surface area (Å²) < 4.78 is 5.17. The highest BCUT2D eigenvalue weighted by atomic mass is 16.5. The summed E-state index contributed by atoms with van der Waals surface area (Å²) in [5, 5.41) is 7.52.